The molecule has 4 N–H and O–H groups in total. The van der Waals surface area contributed by atoms with E-state index >= 15 is 0 Å². The lowest BCUT2D eigenvalue weighted by molar-refractivity contribution is -0.429. The second-order valence-corrected chi connectivity index (χ2v) is 11.4. The van der Waals surface area contributed by atoms with Crippen LogP contribution in [0.4, 0.5) is 0 Å². The van der Waals surface area contributed by atoms with Gasteiger partial charge in [-0.05, 0) is 48.0 Å². The van der Waals surface area contributed by atoms with Gasteiger partial charge in [0.2, 0.25) is 5.91 Å². The maximum absolute atomic E-state index is 12.7. The van der Waals surface area contributed by atoms with Gasteiger partial charge in [-0.3, -0.25) is 4.79 Å². The van der Waals surface area contributed by atoms with Gasteiger partial charge in [-0.2, -0.15) is 0 Å². The summed E-state index contributed by atoms with van der Waals surface area (Å²) in [6.07, 6.45) is 20.1. The highest BCUT2D eigenvalue weighted by atomic mass is 16.9. The molecule has 6 heteroatoms. The zero-order valence-electron chi connectivity index (χ0n) is 25.0. The van der Waals surface area contributed by atoms with Gasteiger partial charge in [0.05, 0.1) is 18.3 Å². The topological polar surface area (TPSA) is 96.8 Å². The van der Waals surface area contributed by atoms with Crippen LogP contribution in [0.25, 0.3) is 0 Å². The van der Waals surface area contributed by atoms with Gasteiger partial charge in [-0.1, -0.05) is 110 Å². The van der Waals surface area contributed by atoms with E-state index < -0.39 is 17.4 Å². The molecule has 0 aliphatic heterocycles. The lowest BCUT2D eigenvalue weighted by Gasteiger charge is -2.47. The normalized spacial score (nSPS) is 14.2. The van der Waals surface area contributed by atoms with Gasteiger partial charge in [0.25, 0.3) is 0 Å². The molecule has 0 spiro atoms. The zero-order chi connectivity index (χ0) is 27.5. The maximum Gasteiger partial charge on any atom is 0.312 e. The van der Waals surface area contributed by atoms with Gasteiger partial charge in [0.15, 0.2) is 5.54 Å². The highest BCUT2D eigenvalue weighted by Gasteiger charge is 2.58. The first kappa shape index (κ1) is 35.3. The fraction of sp³-hybridized carbons (Fsp3) is 0.967. The Labute approximate surface area is 224 Å². The van der Waals surface area contributed by atoms with E-state index in [0.29, 0.717) is 6.42 Å². The van der Waals surface area contributed by atoms with Crippen LogP contribution in [0.3, 0.4) is 0 Å². The van der Waals surface area contributed by atoms with Crippen LogP contribution in [0, 0.1) is 0 Å². The molecule has 0 aliphatic carbocycles. The van der Waals surface area contributed by atoms with Crippen molar-refractivity contribution < 1.29 is 19.0 Å². The number of ether oxygens (including phenoxy) is 3. The van der Waals surface area contributed by atoms with E-state index in [2.05, 4.69) is 6.92 Å². The van der Waals surface area contributed by atoms with Crippen LogP contribution < -0.4 is 11.5 Å². The Balaban J connectivity index is 4.41. The Hall–Kier alpha value is -0.690. The van der Waals surface area contributed by atoms with E-state index in [-0.39, 0.29) is 18.3 Å². The van der Waals surface area contributed by atoms with Crippen molar-refractivity contribution in [2.75, 3.05) is 0 Å². The Kier molecular flexibility index (Phi) is 19.9. The third-order valence-corrected chi connectivity index (χ3v) is 6.58. The lowest BCUT2D eigenvalue weighted by Crippen LogP contribution is -2.72. The van der Waals surface area contributed by atoms with Crippen molar-refractivity contribution >= 4 is 5.91 Å². The van der Waals surface area contributed by atoms with Gasteiger partial charge in [-0.15, -0.1) is 0 Å². The Morgan fingerprint density at radius 3 is 1.11 bits per heavy atom. The van der Waals surface area contributed by atoms with Crippen molar-refractivity contribution in [1.29, 1.82) is 0 Å². The van der Waals surface area contributed by atoms with Gasteiger partial charge < -0.3 is 25.7 Å². The molecule has 1 unspecified atom stereocenters. The number of nitrogens with two attached hydrogens (primary N) is 2. The minimum atomic E-state index is -1.72. The summed E-state index contributed by atoms with van der Waals surface area (Å²) in [5, 5.41) is 0. The van der Waals surface area contributed by atoms with Gasteiger partial charge in [0, 0.05) is 0 Å². The van der Waals surface area contributed by atoms with Crippen molar-refractivity contribution in [2.24, 2.45) is 11.5 Å². The average molecular weight is 515 g/mol. The average Bonchev–Trinajstić information content (AvgIpc) is 2.76. The van der Waals surface area contributed by atoms with Crippen LogP contribution >= 0.6 is 0 Å². The third kappa shape index (κ3) is 14.9. The zero-order valence-corrected chi connectivity index (χ0v) is 25.0. The van der Waals surface area contributed by atoms with E-state index in [9.17, 15) is 4.79 Å². The molecule has 0 aromatic carbocycles. The SMILES string of the molecule is CCCCCCCCCCCCCCCCCCC(N)(C(N)=O)C(OC(C)C)(OC(C)C)OC(C)C. The quantitative estimate of drug-likeness (QED) is 0.0958. The molecule has 0 rings (SSSR count). The Morgan fingerprint density at radius 1 is 0.583 bits per heavy atom. The number of carbonyl (C=O) groups excluding carboxylic acids is 1. The van der Waals surface area contributed by atoms with Gasteiger partial charge >= 0.3 is 5.97 Å². The number of carbonyl (C=O) groups is 1. The highest BCUT2D eigenvalue weighted by molar-refractivity contribution is 5.85. The monoisotopic (exact) mass is 514 g/mol. The molecule has 0 saturated heterocycles. The second-order valence-electron chi connectivity index (χ2n) is 11.4. The number of primary amides is 1. The predicted molar refractivity (Wildman–Crippen MR) is 152 cm³/mol. The van der Waals surface area contributed by atoms with Crippen LogP contribution in [0.15, 0.2) is 0 Å². The first-order valence-corrected chi connectivity index (χ1v) is 15.1. The fourth-order valence-corrected chi connectivity index (χ4v) is 4.71. The Bertz CT molecular complexity index is 513. The molecule has 1 amide bonds. The first-order valence-electron chi connectivity index (χ1n) is 15.1. The lowest BCUT2D eigenvalue weighted by atomic mass is 9.88. The van der Waals surface area contributed by atoms with E-state index in [1.807, 2.05) is 41.5 Å². The fourth-order valence-electron chi connectivity index (χ4n) is 4.71. The number of hydrogen-bond acceptors (Lipinski definition) is 5. The van der Waals surface area contributed by atoms with Crippen LogP contribution in [-0.4, -0.2) is 35.7 Å². The van der Waals surface area contributed by atoms with Crippen LogP contribution in [0.5, 0.6) is 0 Å². The molecule has 1 atom stereocenters. The number of hydrogen-bond donors (Lipinski definition) is 2. The second kappa shape index (κ2) is 20.3. The molecule has 6 nitrogen and oxygen atoms in total. The van der Waals surface area contributed by atoms with Crippen molar-refractivity contribution in [3.05, 3.63) is 0 Å². The summed E-state index contributed by atoms with van der Waals surface area (Å²) >= 11 is 0. The minimum absolute atomic E-state index is 0.254. The smallest absolute Gasteiger partial charge is 0.312 e. The van der Waals surface area contributed by atoms with Crippen LogP contribution in [0.1, 0.15) is 158 Å². The standard InChI is InChI=1S/C30H62N2O4/c1-8-9-10-11-12-13-14-15-16-17-18-19-20-21-22-23-24-29(32,28(31)33)30(34-25(2)3,35-26(4)5)36-27(6)7/h25-27H,8-24,32H2,1-7H3,(H2,31,33). The number of rotatable bonds is 25. The van der Waals surface area contributed by atoms with Crippen molar-refractivity contribution in [3.63, 3.8) is 0 Å². The molecule has 0 saturated carbocycles. The molecule has 0 fully saturated rings. The van der Waals surface area contributed by atoms with Crippen molar-refractivity contribution in [1.82, 2.24) is 0 Å². The molecule has 0 aliphatic rings. The van der Waals surface area contributed by atoms with Crippen LogP contribution in [-0.2, 0) is 19.0 Å². The third-order valence-electron chi connectivity index (χ3n) is 6.58. The molecule has 216 valence electrons. The minimum Gasteiger partial charge on any atom is -0.368 e. The molecular formula is C30H62N2O4. The largest absolute Gasteiger partial charge is 0.368 e. The van der Waals surface area contributed by atoms with E-state index in [1.54, 1.807) is 0 Å². The summed E-state index contributed by atoms with van der Waals surface area (Å²) in [4.78, 5) is 12.7. The Morgan fingerprint density at radius 2 is 0.861 bits per heavy atom. The van der Waals surface area contributed by atoms with E-state index in [4.69, 9.17) is 25.7 Å². The molecule has 0 radical (unpaired) electrons. The molecule has 0 aromatic heterocycles. The maximum atomic E-state index is 12.7. The highest BCUT2D eigenvalue weighted by Crippen LogP contribution is 2.36. The van der Waals surface area contributed by atoms with E-state index in [0.717, 1.165) is 19.3 Å². The molecule has 0 bridgehead atoms. The summed E-state index contributed by atoms with van der Waals surface area (Å²) in [7, 11) is 0. The summed E-state index contributed by atoms with van der Waals surface area (Å²) in [6, 6.07) is 0. The summed E-state index contributed by atoms with van der Waals surface area (Å²) in [6.45, 7) is 13.5. The van der Waals surface area contributed by atoms with Crippen LogP contribution in [0.2, 0.25) is 0 Å². The molecule has 36 heavy (non-hydrogen) atoms. The van der Waals surface area contributed by atoms with Gasteiger partial charge in [0.1, 0.15) is 0 Å². The molecule has 0 heterocycles. The van der Waals surface area contributed by atoms with Crippen molar-refractivity contribution in [2.45, 2.75) is 187 Å². The summed E-state index contributed by atoms with van der Waals surface area (Å²) in [5.41, 5.74) is 10.9. The number of unbranched alkanes of at least 4 members (excludes halogenated alkanes) is 15. The summed E-state index contributed by atoms with van der Waals surface area (Å²) < 4.78 is 18.3. The van der Waals surface area contributed by atoms with Gasteiger partial charge in [-0.25, -0.2) is 0 Å². The van der Waals surface area contributed by atoms with E-state index in [1.165, 1.54) is 83.5 Å². The number of amides is 1. The van der Waals surface area contributed by atoms with Crippen molar-refractivity contribution in [3.8, 4) is 0 Å². The molecular weight excluding hydrogens is 452 g/mol. The summed E-state index contributed by atoms with van der Waals surface area (Å²) in [5.74, 6) is -2.38. The molecule has 0 aromatic rings. The predicted octanol–water partition coefficient (Wildman–Crippen LogP) is 7.75. The first-order chi connectivity index (χ1) is 17.0.